The van der Waals surface area contributed by atoms with Crippen molar-refractivity contribution in [1.29, 1.82) is 0 Å². The third-order valence-electron chi connectivity index (χ3n) is 1.89. The molecule has 78 valence electrons. The van der Waals surface area contributed by atoms with Crippen molar-refractivity contribution in [2.24, 2.45) is 0 Å². The maximum atomic E-state index is 13.1. The Morgan fingerprint density at radius 1 is 1.43 bits per heavy atom. The predicted molar refractivity (Wildman–Crippen MR) is 50.6 cm³/mol. The smallest absolute Gasteiger partial charge is 0.261 e. The van der Waals surface area contributed by atoms with Gasteiger partial charge in [-0.2, -0.15) is 0 Å². The zero-order valence-corrected chi connectivity index (χ0v) is 9.08. The highest BCUT2D eigenvalue weighted by Crippen LogP contribution is 2.31. The van der Waals surface area contributed by atoms with Crippen LogP contribution in [0.2, 0.25) is 0 Å². The van der Waals surface area contributed by atoms with Crippen LogP contribution in [0, 0.1) is 19.7 Å². The van der Waals surface area contributed by atoms with Crippen molar-refractivity contribution < 1.29 is 17.9 Å². The first-order chi connectivity index (χ1) is 6.25. The Labute approximate surface area is 85.6 Å². The molecule has 0 radical (unpaired) electrons. The number of benzene rings is 1. The van der Waals surface area contributed by atoms with E-state index in [0.29, 0.717) is 0 Å². The van der Waals surface area contributed by atoms with Crippen molar-refractivity contribution in [3.05, 3.63) is 23.0 Å². The van der Waals surface area contributed by atoms with Gasteiger partial charge < -0.3 is 5.11 Å². The molecule has 0 amide bonds. The molecule has 0 spiro atoms. The van der Waals surface area contributed by atoms with Crippen molar-refractivity contribution in [3.63, 3.8) is 0 Å². The summed E-state index contributed by atoms with van der Waals surface area (Å²) in [6.07, 6.45) is 0. The Morgan fingerprint density at radius 2 is 1.93 bits per heavy atom. The van der Waals surface area contributed by atoms with E-state index < -0.39 is 20.6 Å². The lowest BCUT2D eigenvalue weighted by molar-refractivity contribution is 0.423. The van der Waals surface area contributed by atoms with Gasteiger partial charge in [0, 0.05) is 16.2 Å². The average molecular weight is 239 g/mol. The summed E-state index contributed by atoms with van der Waals surface area (Å²) in [6, 6.07) is 1.09. The van der Waals surface area contributed by atoms with Crippen LogP contribution in [0.15, 0.2) is 11.0 Å². The standard InChI is InChI=1S/C8H8ClFO3S/c1-4-3-6(14(9,12)13)5(2)8(11)7(4)10/h3,11H,1-2H3. The summed E-state index contributed by atoms with van der Waals surface area (Å²) >= 11 is 0. The van der Waals surface area contributed by atoms with Gasteiger partial charge in [-0.05, 0) is 25.5 Å². The first kappa shape index (κ1) is 11.3. The maximum absolute atomic E-state index is 13.1. The van der Waals surface area contributed by atoms with E-state index in [0.717, 1.165) is 6.07 Å². The minimum absolute atomic E-state index is 0.0346. The minimum Gasteiger partial charge on any atom is -0.505 e. The van der Waals surface area contributed by atoms with E-state index >= 15 is 0 Å². The first-order valence-electron chi connectivity index (χ1n) is 3.68. The molecule has 0 saturated heterocycles. The van der Waals surface area contributed by atoms with Crippen LogP contribution < -0.4 is 0 Å². The van der Waals surface area contributed by atoms with Gasteiger partial charge in [-0.25, -0.2) is 12.8 Å². The average Bonchev–Trinajstić information content (AvgIpc) is 2.06. The summed E-state index contributed by atoms with van der Waals surface area (Å²) in [4.78, 5) is -0.268. The molecule has 0 heterocycles. The monoisotopic (exact) mass is 238 g/mol. The summed E-state index contributed by atoms with van der Waals surface area (Å²) < 4.78 is 35.1. The van der Waals surface area contributed by atoms with E-state index in [2.05, 4.69) is 0 Å². The number of halogens is 2. The largest absolute Gasteiger partial charge is 0.505 e. The van der Waals surface area contributed by atoms with Crippen LogP contribution in [0.1, 0.15) is 11.1 Å². The Morgan fingerprint density at radius 3 is 2.36 bits per heavy atom. The van der Waals surface area contributed by atoms with E-state index in [1.54, 1.807) is 0 Å². The number of phenolic OH excluding ortho intramolecular Hbond substituents is 1. The van der Waals surface area contributed by atoms with Gasteiger partial charge in [0.25, 0.3) is 9.05 Å². The summed E-state index contributed by atoms with van der Waals surface area (Å²) in [6.45, 7) is 2.63. The molecule has 1 rings (SSSR count). The molecule has 3 nitrogen and oxygen atoms in total. The third-order valence-corrected chi connectivity index (χ3v) is 3.34. The Bertz CT molecular complexity index is 482. The van der Waals surface area contributed by atoms with Crippen LogP contribution in [0.4, 0.5) is 4.39 Å². The number of aromatic hydroxyl groups is 1. The van der Waals surface area contributed by atoms with Gasteiger partial charge in [0.15, 0.2) is 11.6 Å². The van der Waals surface area contributed by atoms with Gasteiger partial charge in [0.05, 0.1) is 4.90 Å². The van der Waals surface area contributed by atoms with Gasteiger partial charge in [0.2, 0.25) is 0 Å². The lowest BCUT2D eigenvalue weighted by atomic mass is 10.1. The van der Waals surface area contributed by atoms with Gasteiger partial charge in [0.1, 0.15) is 0 Å². The van der Waals surface area contributed by atoms with Crippen molar-refractivity contribution in [1.82, 2.24) is 0 Å². The Balaban J connectivity index is 3.66. The topological polar surface area (TPSA) is 54.4 Å². The zero-order valence-electron chi connectivity index (χ0n) is 7.51. The number of hydrogen-bond acceptors (Lipinski definition) is 3. The van der Waals surface area contributed by atoms with Crippen LogP contribution in [0.25, 0.3) is 0 Å². The first-order valence-corrected chi connectivity index (χ1v) is 5.99. The molecule has 0 atom stereocenters. The number of phenols is 1. The van der Waals surface area contributed by atoms with E-state index in [1.807, 2.05) is 0 Å². The molecule has 1 N–H and O–H groups in total. The second-order valence-electron chi connectivity index (χ2n) is 2.92. The van der Waals surface area contributed by atoms with Crippen molar-refractivity contribution in [2.45, 2.75) is 18.7 Å². The quantitative estimate of drug-likeness (QED) is 0.762. The van der Waals surface area contributed by atoms with Gasteiger partial charge in [-0.3, -0.25) is 0 Å². The molecule has 0 unspecified atom stereocenters. The maximum Gasteiger partial charge on any atom is 0.261 e. The summed E-state index contributed by atoms with van der Waals surface area (Å²) in [5, 5.41) is 9.23. The van der Waals surface area contributed by atoms with Gasteiger partial charge in [-0.15, -0.1) is 0 Å². The number of hydrogen-bond donors (Lipinski definition) is 1. The highest BCUT2D eigenvalue weighted by molar-refractivity contribution is 8.13. The molecule has 0 fully saturated rings. The normalized spacial score (nSPS) is 11.7. The molecule has 0 aliphatic rings. The molecule has 0 aliphatic heterocycles. The second-order valence-corrected chi connectivity index (χ2v) is 5.45. The molecule has 14 heavy (non-hydrogen) atoms. The molecule has 0 aliphatic carbocycles. The molecule has 0 saturated carbocycles. The van der Waals surface area contributed by atoms with Gasteiger partial charge in [-0.1, -0.05) is 0 Å². The third kappa shape index (κ3) is 1.83. The molecule has 1 aromatic carbocycles. The molecular weight excluding hydrogens is 231 g/mol. The van der Waals surface area contributed by atoms with E-state index in [9.17, 15) is 17.9 Å². The summed E-state index contributed by atoms with van der Waals surface area (Å²) in [5.74, 6) is -1.50. The molecule has 1 aromatic rings. The molecule has 6 heteroatoms. The van der Waals surface area contributed by atoms with Crippen LogP contribution in [0.3, 0.4) is 0 Å². The lowest BCUT2D eigenvalue weighted by Gasteiger charge is -2.07. The van der Waals surface area contributed by atoms with Crippen LogP contribution in [-0.4, -0.2) is 13.5 Å². The van der Waals surface area contributed by atoms with E-state index in [1.165, 1.54) is 13.8 Å². The molecule has 0 aromatic heterocycles. The number of aryl methyl sites for hydroxylation is 1. The van der Waals surface area contributed by atoms with Gasteiger partial charge >= 0.3 is 0 Å². The fourth-order valence-corrected chi connectivity index (χ4v) is 2.35. The van der Waals surface area contributed by atoms with Crippen LogP contribution >= 0.6 is 10.7 Å². The van der Waals surface area contributed by atoms with Crippen molar-refractivity contribution >= 4 is 19.7 Å². The van der Waals surface area contributed by atoms with Crippen LogP contribution in [0.5, 0.6) is 5.75 Å². The van der Waals surface area contributed by atoms with Crippen LogP contribution in [-0.2, 0) is 9.05 Å². The van der Waals surface area contributed by atoms with E-state index in [4.69, 9.17) is 10.7 Å². The van der Waals surface area contributed by atoms with Crippen molar-refractivity contribution in [2.75, 3.05) is 0 Å². The zero-order chi connectivity index (χ0) is 11.1. The van der Waals surface area contributed by atoms with Crippen molar-refractivity contribution in [3.8, 4) is 5.75 Å². The fourth-order valence-electron chi connectivity index (χ4n) is 1.09. The Hall–Kier alpha value is -0.810. The minimum atomic E-state index is -3.95. The Kier molecular flexibility index (Phi) is 2.74. The summed E-state index contributed by atoms with van der Waals surface area (Å²) in [5.41, 5.74) is -0.0459. The summed E-state index contributed by atoms with van der Waals surface area (Å²) in [7, 11) is 1.15. The molecule has 0 bridgehead atoms. The molecular formula is C8H8ClFO3S. The lowest BCUT2D eigenvalue weighted by Crippen LogP contribution is -1.98. The van der Waals surface area contributed by atoms with E-state index in [-0.39, 0.29) is 16.0 Å². The highest BCUT2D eigenvalue weighted by Gasteiger charge is 2.20. The highest BCUT2D eigenvalue weighted by atomic mass is 35.7. The second kappa shape index (κ2) is 3.40. The fraction of sp³-hybridized carbons (Fsp3) is 0.250. The predicted octanol–water partition coefficient (Wildman–Crippen LogP) is 2.08. The SMILES string of the molecule is Cc1cc(S(=O)(=O)Cl)c(C)c(O)c1F. The number of rotatable bonds is 1.